The normalized spacial score (nSPS) is 46.0. The van der Waals surface area contributed by atoms with Crippen LogP contribution in [0.1, 0.15) is 92.4 Å². The van der Waals surface area contributed by atoms with E-state index in [2.05, 4.69) is 34.6 Å². The number of rotatable bonds is 4. The Bertz CT molecular complexity index is 754. The first kappa shape index (κ1) is 22.0. The van der Waals surface area contributed by atoms with E-state index in [-0.39, 0.29) is 34.5 Å². The van der Waals surface area contributed by atoms with Crippen molar-refractivity contribution in [2.45, 2.75) is 92.4 Å². The summed E-state index contributed by atoms with van der Waals surface area (Å²) < 4.78 is 0. The van der Waals surface area contributed by atoms with Crippen LogP contribution in [0, 0.1) is 51.8 Å². The lowest BCUT2D eigenvalue weighted by Crippen LogP contribution is -2.62. The highest BCUT2D eigenvalue weighted by Crippen LogP contribution is 2.72. The van der Waals surface area contributed by atoms with Crippen LogP contribution in [0.3, 0.4) is 0 Å². The molecule has 0 aromatic rings. The van der Waals surface area contributed by atoms with Gasteiger partial charge in [-0.15, -0.1) is 0 Å². The van der Waals surface area contributed by atoms with E-state index in [0.717, 1.165) is 32.1 Å². The zero-order chi connectivity index (χ0) is 22.1. The first-order valence-corrected chi connectivity index (χ1v) is 12.2. The molecule has 4 nitrogen and oxygen atoms in total. The van der Waals surface area contributed by atoms with Crippen molar-refractivity contribution in [2.75, 3.05) is 0 Å². The molecule has 4 aliphatic rings. The van der Waals surface area contributed by atoms with Gasteiger partial charge >= 0.3 is 5.97 Å². The lowest BCUT2D eigenvalue weighted by atomic mass is 9.39. The van der Waals surface area contributed by atoms with Gasteiger partial charge in [0.1, 0.15) is 11.6 Å². The highest BCUT2D eigenvalue weighted by Gasteiger charge is 2.68. The van der Waals surface area contributed by atoms with Crippen LogP contribution in [0.4, 0.5) is 0 Å². The highest BCUT2D eigenvalue weighted by atomic mass is 16.4. The van der Waals surface area contributed by atoms with Crippen LogP contribution in [-0.2, 0) is 14.4 Å². The molecule has 0 aliphatic heterocycles. The number of hydrogen-bond acceptors (Lipinski definition) is 3. The molecule has 8 atom stereocenters. The molecule has 4 fully saturated rings. The minimum atomic E-state index is -0.710. The maximum absolute atomic E-state index is 13.5. The molecule has 4 aliphatic carbocycles. The summed E-state index contributed by atoms with van der Waals surface area (Å²) in [5, 5.41) is 9.18. The molecule has 4 saturated carbocycles. The van der Waals surface area contributed by atoms with Gasteiger partial charge in [-0.25, -0.2) is 0 Å². The first-order chi connectivity index (χ1) is 13.9. The standard InChI is InChI=1S/C26H40O4/c1-15(6-9-22(29)30)18-7-8-19-23-20(14-24(2,3)26(18,19)5)25(4)11-10-17(27)12-16(25)13-21(23)28/h15-16,18-20,23H,6-14H2,1-5H3,(H,29,30)/t15-,16?,18?,19+,20+,23+,25+,26-/m1/s1. The lowest BCUT2D eigenvalue weighted by Gasteiger charge is -2.65. The summed E-state index contributed by atoms with van der Waals surface area (Å²) in [5.74, 6) is 2.04. The van der Waals surface area contributed by atoms with E-state index in [0.29, 0.717) is 54.5 Å². The number of hydrogen-bond donors (Lipinski definition) is 1. The molecule has 2 unspecified atom stereocenters. The van der Waals surface area contributed by atoms with Gasteiger partial charge in [-0.1, -0.05) is 34.6 Å². The Morgan fingerprint density at radius 1 is 1.10 bits per heavy atom. The molecule has 0 heterocycles. The Morgan fingerprint density at radius 2 is 1.80 bits per heavy atom. The molecule has 0 saturated heterocycles. The third-order valence-corrected chi connectivity index (χ3v) is 10.9. The van der Waals surface area contributed by atoms with Crippen molar-refractivity contribution in [3.05, 3.63) is 0 Å². The van der Waals surface area contributed by atoms with Crippen LogP contribution in [0.2, 0.25) is 0 Å². The van der Waals surface area contributed by atoms with Crippen molar-refractivity contribution in [2.24, 2.45) is 51.8 Å². The molecule has 0 amide bonds. The fourth-order valence-electron chi connectivity index (χ4n) is 8.88. The summed E-state index contributed by atoms with van der Waals surface area (Å²) in [6.07, 6.45) is 7.04. The second-order valence-corrected chi connectivity index (χ2v) is 12.3. The second-order valence-electron chi connectivity index (χ2n) is 12.3. The predicted octanol–water partition coefficient (Wildman–Crippen LogP) is 5.53. The Balaban J connectivity index is 1.68. The number of carboxylic acid groups (broad SMARTS) is 1. The minimum Gasteiger partial charge on any atom is -0.481 e. The number of carbonyl (C=O) groups is 3. The van der Waals surface area contributed by atoms with Crippen molar-refractivity contribution < 1.29 is 19.5 Å². The second kappa shape index (κ2) is 7.17. The summed E-state index contributed by atoms with van der Waals surface area (Å²) >= 11 is 0. The Morgan fingerprint density at radius 3 is 2.47 bits per heavy atom. The number of carboxylic acids is 1. The van der Waals surface area contributed by atoms with Crippen molar-refractivity contribution >= 4 is 17.5 Å². The van der Waals surface area contributed by atoms with Crippen molar-refractivity contribution in [3.63, 3.8) is 0 Å². The first-order valence-electron chi connectivity index (χ1n) is 12.2. The zero-order valence-corrected chi connectivity index (χ0v) is 19.5. The summed E-state index contributed by atoms with van der Waals surface area (Å²) in [6.45, 7) is 11.9. The largest absolute Gasteiger partial charge is 0.481 e. The smallest absolute Gasteiger partial charge is 0.303 e. The number of Topliss-reactive ketones (excluding diaryl/α,β-unsaturated/α-hetero) is 2. The summed E-state index contributed by atoms with van der Waals surface area (Å²) in [7, 11) is 0. The summed E-state index contributed by atoms with van der Waals surface area (Å²) in [6, 6.07) is 0. The SMILES string of the molecule is C[C@H](CCC(=O)O)C1CC[C@H]2[C@@H]3C(=O)CC4CC(=O)CC[C@]4(C)[C@H]3CC(C)(C)[C@]12C. The average Bonchev–Trinajstić information content (AvgIpc) is 3.01. The van der Waals surface area contributed by atoms with E-state index in [1.807, 2.05) is 0 Å². The van der Waals surface area contributed by atoms with E-state index in [1.165, 1.54) is 0 Å². The summed E-state index contributed by atoms with van der Waals surface area (Å²) in [5.41, 5.74) is 0.275. The molecule has 0 aromatic carbocycles. The molecule has 0 aromatic heterocycles. The molecular formula is C26H40O4. The molecular weight excluding hydrogens is 376 g/mol. The minimum absolute atomic E-state index is 0.0649. The summed E-state index contributed by atoms with van der Waals surface area (Å²) in [4.78, 5) is 36.9. The van der Waals surface area contributed by atoms with Gasteiger partial charge in [0, 0.05) is 31.6 Å². The van der Waals surface area contributed by atoms with Crippen molar-refractivity contribution in [1.82, 2.24) is 0 Å². The molecule has 0 radical (unpaired) electrons. The molecule has 1 N–H and O–H groups in total. The maximum atomic E-state index is 13.5. The van der Waals surface area contributed by atoms with Crippen molar-refractivity contribution in [3.8, 4) is 0 Å². The zero-order valence-electron chi connectivity index (χ0n) is 19.5. The van der Waals surface area contributed by atoms with E-state index < -0.39 is 5.97 Å². The number of carbonyl (C=O) groups excluding carboxylic acids is 2. The van der Waals surface area contributed by atoms with E-state index in [1.54, 1.807) is 0 Å². The average molecular weight is 417 g/mol. The van der Waals surface area contributed by atoms with Gasteiger partial charge in [-0.3, -0.25) is 14.4 Å². The van der Waals surface area contributed by atoms with Gasteiger partial charge in [-0.2, -0.15) is 0 Å². The third-order valence-electron chi connectivity index (χ3n) is 10.9. The maximum Gasteiger partial charge on any atom is 0.303 e. The quantitative estimate of drug-likeness (QED) is 0.654. The molecule has 0 spiro atoms. The Labute approximate surface area is 181 Å². The van der Waals surface area contributed by atoms with Crippen LogP contribution >= 0.6 is 0 Å². The molecule has 30 heavy (non-hydrogen) atoms. The number of fused-ring (bicyclic) bond motifs is 5. The molecule has 0 bridgehead atoms. The fourth-order valence-corrected chi connectivity index (χ4v) is 8.88. The molecule has 168 valence electrons. The van der Waals surface area contributed by atoms with E-state index in [9.17, 15) is 19.5 Å². The Kier molecular flexibility index (Phi) is 5.26. The van der Waals surface area contributed by atoms with Gasteiger partial charge < -0.3 is 5.11 Å². The topological polar surface area (TPSA) is 71.4 Å². The fraction of sp³-hybridized carbons (Fsp3) is 0.885. The monoisotopic (exact) mass is 416 g/mol. The van der Waals surface area contributed by atoms with Crippen LogP contribution in [0.15, 0.2) is 0 Å². The van der Waals surface area contributed by atoms with Gasteiger partial charge in [0.05, 0.1) is 0 Å². The predicted molar refractivity (Wildman–Crippen MR) is 116 cm³/mol. The van der Waals surface area contributed by atoms with Gasteiger partial charge in [0.2, 0.25) is 0 Å². The molecule has 4 rings (SSSR count). The van der Waals surface area contributed by atoms with E-state index in [4.69, 9.17) is 0 Å². The van der Waals surface area contributed by atoms with E-state index >= 15 is 0 Å². The lowest BCUT2D eigenvalue weighted by molar-refractivity contribution is -0.181. The Hall–Kier alpha value is -1.19. The number of aliphatic carboxylic acids is 1. The van der Waals surface area contributed by atoms with Crippen LogP contribution in [-0.4, -0.2) is 22.6 Å². The van der Waals surface area contributed by atoms with Crippen molar-refractivity contribution in [1.29, 1.82) is 0 Å². The van der Waals surface area contributed by atoms with Gasteiger partial charge in [-0.05, 0) is 77.9 Å². The number of ketones is 2. The van der Waals surface area contributed by atoms with Gasteiger partial charge in [0.15, 0.2) is 0 Å². The molecule has 4 heteroatoms. The van der Waals surface area contributed by atoms with Crippen LogP contribution in [0.25, 0.3) is 0 Å². The highest BCUT2D eigenvalue weighted by molar-refractivity contribution is 5.86. The third kappa shape index (κ3) is 3.03. The van der Waals surface area contributed by atoms with Crippen LogP contribution in [0.5, 0.6) is 0 Å². The van der Waals surface area contributed by atoms with Gasteiger partial charge in [0.25, 0.3) is 0 Å². The van der Waals surface area contributed by atoms with Crippen LogP contribution < -0.4 is 0 Å².